The van der Waals surface area contributed by atoms with Gasteiger partial charge in [-0.05, 0) is 49.6 Å². The Morgan fingerprint density at radius 1 is 1.33 bits per heavy atom. The molecule has 2 aromatic rings. The van der Waals surface area contributed by atoms with Gasteiger partial charge in [0.2, 0.25) is 0 Å². The molecule has 0 unspecified atom stereocenters. The van der Waals surface area contributed by atoms with Crippen LogP contribution in [0.15, 0.2) is 18.2 Å². The van der Waals surface area contributed by atoms with E-state index in [1.54, 1.807) is 18.2 Å². The number of benzene rings is 1. The Bertz CT molecular complexity index is 758. The quantitative estimate of drug-likeness (QED) is 0.778. The molecule has 1 aliphatic rings. The number of hydrogen-bond acceptors (Lipinski definition) is 6. The first kappa shape index (κ1) is 16.2. The monoisotopic (exact) mass is 332 g/mol. The molecule has 24 heavy (non-hydrogen) atoms. The number of likely N-dealkylation sites (tertiary alicyclic amines) is 1. The lowest BCUT2D eigenvalue weighted by Gasteiger charge is -2.33. The van der Waals surface area contributed by atoms with Crippen LogP contribution in [0.3, 0.4) is 0 Å². The van der Waals surface area contributed by atoms with E-state index in [1.165, 1.54) is 12.0 Å². The van der Waals surface area contributed by atoms with Crippen LogP contribution < -0.4 is 4.84 Å². The van der Waals surface area contributed by atoms with E-state index in [0.717, 1.165) is 25.8 Å². The number of aromatic nitrogens is 3. The highest BCUT2D eigenvalue weighted by molar-refractivity contribution is 5.93. The van der Waals surface area contributed by atoms with Gasteiger partial charge in [0.1, 0.15) is 11.0 Å². The van der Waals surface area contributed by atoms with E-state index in [-0.39, 0.29) is 18.6 Å². The number of esters is 1. The maximum Gasteiger partial charge on any atom is 0.337 e. The maximum atomic E-state index is 12.3. The van der Waals surface area contributed by atoms with E-state index in [1.807, 2.05) is 11.8 Å². The molecule has 8 heteroatoms. The van der Waals surface area contributed by atoms with Gasteiger partial charge in [-0.25, -0.2) is 4.79 Å². The molecule has 1 aromatic carbocycles. The number of methoxy groups -OCH3 is 1. The van der Waals surface area contributed by atoms with Crippen LogP contribution in [0.5, 0.6) is 0 Å². The van der Waals surface area contributed by atoms with Crippen LogP contribution in [0.1, 0.15) is 36.5 Å². The summed E-state index contributed by atoms with van der Waals surface area (Å²) < 4.78 is 4.70. The lowest BCUT2D eigenvalue weighted by atomic mass is 10.0. The van der Waals surface area contributed by atoms with E-state index >= 15 is 0 Å². The summed E-state index contributed by atoms with van der Waals surface area (Å²) in [5, 5.41) is 7.84. The Morgan fingerprint density at radius 2 is 2.17 bits per heavy atom. The summed E-state index contributed by atoms with van der Waals surface area (Å²) >= 11 is 0. The second-order valence-corrected chi connectivity index (χ2v) is 5.86. The van der Waals surface area contributed by atoms with Gasteiger partial charge in [-0.3, -0.25) is 4.79 Å². The summed E-state index contributed by atoms with van der Waals surface area (Å²) in [6.07, 6.45) is 3.18. The molecule has 1 amide bonds. The molecular weight excluding hydrogens is 312 g/mol. The van der Waals surface area contributed by atoms with Crippen molar-refractivity contribution in [2.24, 2.45) is 0 Å². The van der Waals surface area contributed by atoms with Gasteiger partial charge in [0.05, 0.1) is 12.7 Å². The highest BCUT2D eigenvalue weighted by Gasteiger charge is 2.23. The molecular formula is C16H20N4O4. The third-order valence-electron chi connectivity index (χ3n) is 4.27. The molecule has 0 bridgehead atoms. The van der Waals surface area contributed by atoms with Gasteiger partial charge < -0.3 is 14.5 Å². The number of ether oxygens (including phenoxy) is 1. The molecule has 3 rings (SSSR count). The first-order valence-electron chi connectivity index (χ1n) is 7.96. The molecule has 0 aliphatic carbocycles. The molecule has 1 fully saturated rings. The van der Waals surface area contributed by atoms with Crippen molar-refractivity contribution >= 4 is 22.9 Å². The number of nitrogens with zero attached hydrogens (tertiary/aromatic N) is 4. The third kappa shape index (κ3) is 3.17. The lowest BCUT2D eigenvalue weighted by molar-refractivity contribution is -0.140. The van der Waals surface area contributed by atoms with Gasteiger partial charge in [-0.1, -0.05) is 4.85 Å². The molecule has 0 saturated carbocycles. The summed E-state index contributed by atoms with van der Waals surface area (Å²) in [5.41, 5.74) is 1.45. The zero-order valence-corrected chi connectivity index (χ0v) is 13.8. The average Bonchev–Trinajstić information content (AvgIpc) is 3.01. The number of amides is 1. The minimum absolute atomic E-state index is 0.0741. The number of rotatable bonds is 4. The van der Waals surface area contributed by atoms with Crippen LogP contribution in [0, 0.1) is 0 Å². The summed E-state index contributed by atoms with van der Waals surface area (Å²) in [6.45, 7) is 2.68. The van der Waals surface area contributed by atoms with Crippen LogP contribution in [0.2, 0.25) is 0 Å². The van der Waals surface area contributed by atoms with Crippen molar-refractivity contribution < 1.29 is 19.2 Å². The molecule has 1 saturated heterocycles. The minimum atomic E-state index is -0.456. The number of carbonyl (C=O) groups is 2. The van der Waals surface area contributed by atoms with Crippen molar-refractivity contribution in [2.75, 3.05) is 20.3 Å². The Labute approximate surface area is 139 Å². The van der Waals surface area contributed by atoms with Crippen molar-refractivity contribution in [2.45, 2.75) is 32.2 Å². The Morgan fingerprint density at radius 3 is 2.92 bits per heavy atom. The summed E-state index contributed by atoms with van der Waals surface area (Å²) in [6, 6.07) is 5.07. The van der Waals surface area contributed by atoms with Gasteiger partial charge in [0.15, 0.2) is 6.61 Å². The van der Waals surface area contributed by atoms with E-state index in [2.05, 4.69) is 10.3 Å². The number of fused-ring (bicyclic) bond motifs is 1. The highest BCUT2D eigenvalue weighted by Crippen LogP contribution is 2.17. The van der Waals surface area contributed by atoms with Crippen LogP contribution in [0.4, 0.5) is 0 Å². The van der Waals surface area contributed by atoms with E-state index in [4.69, 9.17) is 9.57 Å². The fourth-order valence-corrected chi connectivity index (χ4v) is 2.91. The highest BCUT2D eigenvalue weighted by atomic mass is 16.7. The fraction of sp³-hybridized carbons (Fsp3) is 0.500. The number of piperidine rings is 1. The summed E-state index contributed by atoms with van der Waals surface area (Å²) in [7, 11) is 1.32. The summed E-state index contributed by atoms with van der Waals surface area (Å²) in [5.74, 6) is -0.530. The molecule has 8 nitrogen and oxygen atoms in total. The molecule has 1 atom stereocenters. The normalized spacial score (nSPS) is 17.8. The minimum Gasteiger partial charge on any atom is -0.465 e. The molecule has 0 spiro atoms. The van der Waals surface area contributed by atoms with Gasteiger partial charge in [0.25, 0.3) is 5.91 Å². The molecule has 0 N–H and O–H groups in total. The van der Waals surface area contributed by atoms with Gasteiger partial charge in [-0.15, -0.1) is 5.10 Å². The van der Waals surface area contributed by atoms with Crippen LogP contribution in [0.25, 0.3) is 11.0 Å². The second-order valence-electron chi connectivity index (χ2n) is 5.86. The Balaban J connectivity index is 1.73. The van der Waals surface area contributed by atoms with Crippen molar-refractivity contribution in [3.63, 3.8) is 0 Å². The maximum absolute atomic E-state index is 12.3. The van der Waals surface area contributed by atoms with Crippen LogP contribution in [-0.2, 0) is 9.53 Å². The van der Waals surface area contributed by atoms with E-state index < -0.39 is 5.97 Å². The number of carbonyl (C=O) groups excluding carboxylic acids is 2. The molecule has 128 valence electrons. The van der Waals surface area contributed by atoms with Crippen molar-refractivity contribution in [3.8, 4) is 0 Å². The zero-order valence-electron chi connectivity index (χ0n) is 13.8. The van der Waals surface area contributed by atoms with Crippen LogP contribution >= 0.6 is 0 Å². The van der Waals surface area contributed by atoms with E-state index in [9.17, 15) is 9.59 Å². The van der Waals surface area contributed by atoms with Crippen molar-refractivity contribution in [1.29, 1.82) is 0 Å². The molecule has 2 heterocycles. The van der Waals surface area contributed by atoms with Gasteiger partial charge in [0, 0.05) is 12.6 Å². The molecule has 1 aliphatic heterocycles. The average molecular weight is 332 g/mol. The summed E-state index contributed by atoms with van der Waals surface area (Å²) in [4.78, 5) is 32.5. The predicted octanol–water partition coefficient (Wildman–Crippen LogP) is 1.05. The van der Waals surface area contributed by atoms with E-state index in [0.29, 0.717) is 16.6 Å². The Hall–Kier alpha value is -2.64. The van der Waals surface area contributed by atoms with Gasteiger partial charge >= 0.3 is 5.97 Å². The zero-order chi connectivity index (χ0) is 17.1. The Kier molecular flexibility index (Phi) is 4.64. The number of hydrogen-bond donors (Lipinski definition) is 0. The van der Waals surface area contributed by atoms with Crippen molar-refractivity contribution in [3.05, 3.63) is 23.8 Å². The fourth-order valence-electron chi connectivity index (χ4n) is 2.91. The predicted molar refractivity (Wildman–Crippen MR) is 85.3 cm³/mol. The SMILES string of the molecule is COC(=O)c1ccc2nnn(OCC(=O)N3CCCC[C@H]3C)c2c1. The largest absolute Gasteiger partial charge is 0.465 e. The standard InChI is InChI=1S/C16H20N4O4/c1-11-5-3-4-8-19(11)15(21)10-24-20-14-9-12(16(22)23-2)6-7-13(14)17-18-20/h6-7,9,11H,3-5,8,10H2,1-2H3/t11-/m1/s1. The first-order chi connectivity index (χ1) is 11.6. The first-order valence-corrected chi connectivity index (χ1v) is 7.96. The topological polar surface area (TPSA) is 86.5 Å². The smallest absolute Gasteiger partial charge is 0.337 e. The molecule has 1 aromatic heterocycles. The second kappa shape index (κ2) is 6.86. The van der Waals surface area contributed by atoms with Gasteiger partial charge in [-0.2, -0.15) is 0 Å². The molecule has 0 radical (unpaired) electrons. The van der Waals surface area contributed by atoms with Crippen LogP contribution in [-0.4, -0.2) is 58.2 Å². The van der Waals surface area contributed by atoms with Crippen molar-refractivity contribution in [1.82, 2.24) is 20.1 Å². The third-order valence-corrected chi connectivity index (χ3v) is 4.27. The lowest BCUT2D eigenvalue weighted by Crippen LogP contribution is -2.45.